The van der Waals surface area contributed by atoms with Crippen LogP contribution in [0.3, 0.4) is 0 Å². The standard InChI is InChI=1S/C15H28N4/c1-7-12(8-2)9-17-15-11(5)14(16-6)18-13(19-15)10(3)4/h10,12H,7-9H2,1-6H3,(H2,16,17,18,19). The average molecular weight is 264 g/mol. The van der Waals surface area contributed by atoms with Crippen LogP contribution in [0.1, 0.15) is 57.8 Å². The highest BCUT2D eigenvalue weighted by Gasteiger charge is 2.13. The Balaban J connectivity index is 2.95. The van der Waals surface area contributed by atoms with Gasteiger partial charge in [0.2, 0.25) is 0 Å². The lowest BCUT2D eigenvalue weighted by molar-refractivity contribution is 0.518. The van der Waals surface area contributed by atoms with Gasteiger partial charge in [0.15, 0.2) is 0 Å². The van der Waals surface area contributed by atoms with Gasteiger partial charge in [0.25, 0.3) is 0 Å². The minimum absolute atomic E-state index is 0.335. The van der Waals surface area contributed by atoms with Crippen molar-refractivity contribution < 1.29 is 0 Å². The molecule has 4 nitrogen and oxygen atoms in total. The van der Waals surface area contributed by atoms with Crippen LogP contribution in [-0.2, 0) is 0 Å². The van der Waals surface area contributed by atoms with Crippen LogP contribution >= 0.6 is 0 Å². The van der Waals surface area contributed by atoms with Crippen LogP contribution in [-0.4, -0.2) is 23.6 Å². The normalized spacial score (nSPS) is 11.2. The fourth-order valence-electron chi connectivity index (χ4n) is 2.03. The molecular formula is C15H28N4. The van der Waals surface area contributed by atoms with Crippen molar-refractivity contribution in [2.75, 3.05) is 24.2 Å². The third-order valence-electron chi connectivity index (χ3n) is 3.63. The second-order valence-corrected chi connectivity index (χ2v) is 5.37. The average Bonchev–Trinajstić information content (AvgIpc) is 2.41. The summed E-state index contributed by atoms with van der Waals surface area (Å²) in [6.45, 7) is 11.8. The predicted molar refractivity (Wildman–Crippen MR) is 83.0 cm³/mol. The van der Waals surface area contributed by atoms with Crippen molar-refractivity contribution in [1.82, 2.24) is 9.97 Å². The molecule has 0 bridgehead atoms. The first kappa shape index (κ1) is 15.7. The van der Waals surface area contributed by atoms with E-state index in [4.69, 9.17) is 0 Å². The third kappa shape index (κ3) is 4.08. The predicted octanol–water partition coefficient (Wildman–Crippen LogP) is 3.80. The van der Waals surface area contributed by atoms with Crippen molar-refractivity contribution in [2.45, 2.75) is 53.4 Å². The number of hydrogen-bond donors (Lipinski definition) is 2. The number of anilines is 2. The Kier molecular flexibility index (Phi) is 6.06. The number of aromatic nitrogens is 2. The summed E-state index contributed by atoms with van der Waals surface area (Å²) in [5, 5.41) is 6.65. The first-order valence-corrected chi connectivity index (χ1v) is 7.33. The first-order valence-electron chi connectivity index (χ1n) is 7.33. The summed E-state index contributed by atoms with van der Waals surface area (Å²) in [5.74, 6) is 3.82. The molecule has 1 aromatic rings. The third-order valence-corrected chi connectivity index (χ3v) is 3.63. The van der Waals surface area contributed by atoms with E-state index < -0.39 is 0 Å². The SMILES string of the molecule is CCC(CC)CNc1nc(C(C)C)nc(NC)c1C. The van der Waals surface area contributed by atoms with Gasteiger partial charge >= 0.3 is 0 Å². The summed E-state index contributed by atoms with van der Waals surface area (Å²) < 4.78 is 0. The Morgan fingerprint density at radius 1 is 1.05 bits per heavy atom. The van der Waals surface area contributed by atoms with E-state index >= 15 is 0 Å². The van der Waals surface area contributed by atoms with Crippen molar-refractivity contribution in [3.63, 3.8) is 0 Å². The molecule has 1 heterocycles. The number of nitrogens with zero attached hydrogens (tertiary/aromatic N) is 2. The van der Waals surface area contributed by atoms with Gasteiger partial charge in [-0.25, -0.2) is 9.97 Å². The lowest BCUT2D eigenvalue weighted by Crippen LogP contribution is -2.16. The van der Waals surface area contributed by atoms with Gasteiger partial charge in [0, 0.05) is 25.1 Å². The Bertz CT molecular complexity index is 397. The maximum Gasteiger partial charge on any atom is 0.135 e. The Morgan fingerprint density at radius 3 is 2.11 bits per heavy atom. The smallest absolute Gasteiger partial charge is 0.135 e. The molecule has 0 spiro atoms. The van der Waals surface area contributed by atoms with E-state index in [1.807, 2.05) is 7.05 Å². The second-order valence-electron chi connectivity index (χ2n) is 5.37. The summed E-state index contributed by atoms with van der Waals surface area (Å²) >= 11 is 0. The molecule has 0 aliphatic rings. The maximum absolute atomic E-state index is 4.66. The van der Waals surface area contributed by atoms with Gasteiger partial charge in [0.05, 0.1) is 0 Å². The fraction of sp³-hybridized carbons (Fsp3) is 0.733. The van der Waals surface area contributed by atoms with Crippen molar-refractivity contribution >= 4 is 11.6 Å². The van der Waals surface area contributed by atoms with Crippen molar-refractivity contribution in [3.05, 3.63) is 11.4 Å². The van der Waals surface area contributed by atoms with E-state index in [0.29, 0.717) is 11.8 Å². The highest BCUT2D eigenvalue weighted by molar-refractivity contribution is 5.57. The second kappa shape index (κ2) is 7.31. The molecule has 0 saturated heterocycles. The van der Waals surface area contributed by atoms with Crippen LogP contribution in [0.4, 0.5) is 11.6 Å². The zero-order chi connectivity index (χ0) is 14.4. The van der Waals surface area contributed by atoms with Crippen molar-refractivity contribution in [1.29, 1.82) is 0 Å². The van der Waals surface area contributed by atoms with Gasteiger partial charge in [-0.05, 0) is 12.8 Å². The molecule has 0 amide bonds. The lowest BCUT2D eigenvalue weighted by Gasteiger charge is -2.18. The molecule has 19 heavy (non-hydrogen) atoms. The summed E-state index contributed by atoms with van der Waals surface area (Å²) in [6.07, 6.45) is 2.40. The molecule has 0 unspecified atom stereocenters. The molecule has 0 aliphatic heterocycles. The van der Waals surface area contributed by atoms with Gasteiger partial charge in [-0.15, -0.1) is 0 Å². The van der Waals surface area contributed by atoms with Crippen molar-refractivity contribution in [2.24, 2.45) is 5.92 Å². The van der Waals surface area contributed by atoms with Gasteiger partial charge in [-0.2, -0.15) is 0 Å². The summed E-state index contributed by atoms with van der Waals surface area (Å²) in [6, 6.07) is 0. The molecule has 0 aliphatic carbocycles. The van der Waals surface area contributed by atoms with Crippen LogP contribution in [0.2, 0.25) is 0 Å². The quantitative estimate of drug-likeness (QED) is 0.786. The van der Waals surface area contributed by atoms with E-state index in [0.717, 1.165) is 29.6 Å². The van der Waals surface area contributed by atoms with Gasteiger partial charge in [0.1, 0.15) is 17.5 Å². The summed E-state index contributed by atoms with van der Waals surface area (Å²) in [4.78, 5) is 9.21. The van der Waals surface area contributed by atoms with Crippen LogP contribution in [0.5, 0.6) is 0 Å². The zero-order valence-corrected chi connectivity index (χ0v) is 13.2. The van der Waals surface area contributed by atoms with E-state index in [1.54, 1.807) is 0 Å². The molecule has 1 rings (SSSR count). The lowest BCUT2D eigenvalue weighted by atomic mass is 10.0. The van der Waals surface area contributed by atoms with Crippen molar-refractivity contribution in [3.8, 4) is 0 Å². The summed E-state index contributed by atoms with van der Waals surface area (Å²) in [5.41, 5.74) is 1.10. The molecule has 0 aromatic carbocycles. The fourth-order valence-corrected chi connectivity index (χ4v) is 2.03. The summed E-state index contributed by atoms with van der Waals surface area (Å²) in [7, 11) is 1.91. The number of rotatable bonds is 7. The molecule has 1 aromatic heterocycles. The molecule has 4 heteroatoms. The molecule has 2 N–H and O–H groups in total. The van der Waals surface area contributed by atoms with Gasteiger partial charge in [-0.3, -0.25) is 0 Å². The largest absolute Gasteiger partial charge is 0.373 e. The van der Waals surface area contributed by atoms with Crippen LogP contribution in [0, 0.1) is 12.8 Å². The minimum atomic E-state index is 0.335. The first-order chi connectivity index (χ1) is 9.03. The monoisotopic (exact) mass is 264 g/mol. The van der Waals surface area contributed by atoms with Crippen LogP contribution in [0.25, 0.3) is 0 Å². The Labute approximate surface area is 117 Å². The zero-order valence-electron chi connectivity index (χ0n) is 13.2. The van der Waals surface area contributed by atoms with Gasteiger partial charge < -0.3 is 10.6 Å². The van der Waals surface area contributed by atoms with E-state index in [2.05, 4.69) is 55.2 Å². The highest BCUT2D eigenvalue weighted by Crippen LogP contribution is 2.23. The minimum Gasteiger partial charge on any atom is -0.373 e. The Hall–Kier alpha value is -1.32. The number of hydrogen-bond acceptors (Lipinski definition) is 4. The van der Waals surface area contributed by atoms with E-state index in [9.17, 15) is 0 Å². The molecular weight excluding hydrogens is 236 g/mol. The Morgan fingerprint density at radius 2 is 1.63 bits per heavy atom. The van der Waals surface area contributed by atoms with Gasteiger partial charge in [-0.1, -0.05) is 40.5 Å². The topological polar surface area (TPSA) is 49.8 Å². The molecule has 108 valence electrons. The molecule has 0 radical (unpaired) electrons. The molecule has 0 fully saturated rings. The van der Waals surface area contributed by atoms with Crippen LogP contribution in [0.15, 0.2) is 0 Å². The maximum atomic E-state index is 4.66. The molecule has 0 atom stereocenters. The number of nitrogens with one attached hydrogen (secondary N) is 2. The highest BCUT2D eigenvalue weighted by atomic mass is 15.1. The van der Waals surface area contributed by atoms with E-state index in [-0.39, 0.29) is 0 Å². The van der Waals surface area contributed by atoms with Crippen LogP contribution < -0.4 is 10.6 Å². The molecule has 0 saturated carbocycles. The van der Waals surface area contributed by atoms with E-state index in [1.165, 1.54) is 12.8 Å².